The summed E-state index contributed by atoms with van der Waals surface area (Å²) in [6, 6.07) is 6.17. The number of nitrogens with one attached hydrogen (secondary N) is 3. The lowest BCUT2D eigenvalue weighted by Crippen LogP contribution is -2.19. The summed E-state index contributed by atoms with van der Waals surface area (Å²) in [5.41, 5.74) is 0.0617. The molecule has 130 valence electrons. The molecule has 0 aliphatic rings. The lowest BCUT2D eigenvalue weighted by molar-refractivity contribution is -0.137. The molecule has 25 heavy (non-hydrogen) atoms. The average Bonchev–Trinajstić information content (AvgIpc) is 2.88. The molecule has 1 aromatic heterocycles. The predicted octanol–water partition coefficient (Wildman–Crippen LogP) is 5.62. The Morgan fingerprint density at radius 2 is 1.68 bits per heavy atom. The average molecular weight is 372 g/mol. The molecule has 4 nitrogen and oxygen atoms in total. The Hall–Kier alpha value is -2.74. The van der Waals surface area contributed by atoms with E-state index in [1.165, 1.54) is 12.1 Å². The van der Waals surface area contributed by atoms with Gasteiger partial charge < -0.3 is 15.6 Å². The molecule has 3 rings (SSSR count). The first kappa shape index (κ1) is 17.1. The third kappa shape index (κ3) is 3.69. The Kier molecular flexibility index (Phi) is 4.30. The largest absolute Gasteiger partial charge is 0.416 e. The highest BCUT2D eigenvalue weighted by Crippen LogP contribution is 2.31. The van der Waals surface area contributed by atoms with Crippen LogP contribution in [0.2, 0.25) is 5.02 Å². The van der Waals surface area contributed by atoms with Gasteiger partial charge in [-0.05, 0) is 36.4 Å². The molecule has 0 unspecified atom stereocenters. The van der Waals surface area contributed by atoms with Crippen molar-refractivity contribution in [1.82, 2.24) is 4.98 Å². The lowest BCUT2D eigenvalue weighted by atomic mass is 10.2. The van der Waals surface area contributed by atoms with Crippen molar-refractivity contribution >= 4 is 39.9 Å². The molecule has 0 atom stereocenters. The first-order chi connectivity index (χ1) is 11.7. The van der Waals surface area contributed by atoms with Gasteiger partial charge in [0.25, 0.3) is 0 Å². The quantitative estimate of drug-likeness (QED) is 0.503. The Morgan fingerprint density at radius 3 is 2.32 bits per heavy atom. The lowest BCUT2D eigenvalue weighted by Gasteiger charge is -2.10. The number of alkyl halides is 3. The van der Waals surface area contributed by atoms with Gasteiger partial charge in [0.05, 0.1) is 21.5 Å². The second-order valence-corrected chi connectivity index (χ2v) is 5.58. The van der Waals surface area contributed by atoms with E-state index in [2.05, 4.69) is 15.6 Å². The van der Waals surface area contributed by atoms with Crippen LogP contribution in [0, 0.1) is 5.82 Å². The topological polar surface area (TPSA) is 56.9 Å². The first-order valence-electron chi connectivity index (χ1n) is 6.95. The van der Waals surface area contributed by atoms with Crippen LogP contribution in [0.4, 0.5) is 33.7 Å². The molecule has 2 aromatic carbocycles. The van der Waals surface area contributed by atoms with Crippen molar-refractivity contribution in [3.8, 4) is 0 Å². The van der Waals surface area contributed by atoms with Crippen LogP contribution in [0.15, 0.2) is 42.6 Å². The number of fused-ring (bicyclic) bond motifs is 1. The number of amides is 2. The minimum atomic E-state index is -4.45. The molecular weight excluding hydrogens is 362 g/mol. The molecule has 0 saturated heterocycles. The summed E-state index contributed by atoms with van der Waals surface area (Å²) in [7, 11) is 0. The van der Waals surface area contributed by atoms with E-state index in [9.17, 15) is 22.4 Å². The number of carbonyl (C=O) groups is 1. The summed E-state index contributed by atoms with van der Waals surface area (Å²) in [4.78, 5) is 14.6. The van der Waals surface area contributed by atoms with Crippen LogP contribution in [0.3, 0.4) is 0 Å². The SMILES string of the molecule is O=C(Nc1ccc(C(F)(F)F)cc1)Nc1cc(Cl)c2c(F)c[nH]c2c1. The van der Waals surface area contributed by atoms with Crippen LogP contribution in [0.25, 0.3) is 10.9 Å². The standard InChI is InChI=1S/C16H10ClF4N3O/c17-11-5-10(6-13-14(11)12(18)7-22-13)24-15(25)23-9-3-1-8(2-4-9)16(19,20)21/h1-7,22H,(H2,23,24,25). The molecular formula is C16H10ClF4N3O. The van der Waals surface area contributed by atoms with Crippen molar-refractivity contribution in [2.45, 2.75) is 6.18 Å². The fraction of sp³-hybridized carbons (Fsp3) is 0.0625. The van der Waals surface area contributed by atoms with Gasteiger partial charge in [-0.1, -0.05) is 11.6 Å². The summed E-state index contributed by atoms with van der Waals surface area (Å²) in [5.74, 6) is -0.513. The van der Waals surface area contributed by atoms with E-state index in [1.54, 1.807) is 0 Å². The zero-order valence-corrected chi connectivity index (χ0v) is 13.1. The van der Waals surface area contributed by atoms with E-state index in [0.29, 0.717) is 11.2 Å². The molecule has 0 bridgehead atoms. The normalized spacial score (nSPS) is 11.6. The molecule has 0 saturated carbocycles. The number of aromatic amines is 1. The Balaban J connectivity index is 1.72. The molecule has 2 amide bonds. The fourth-order valence-corrected chi connectivity index (χ4v) is 2.59. The Bertz CT molecular complexity index is 935. The maximum Gasteiger partial charge on any atom is 0.416 e. The summed E-state index contributed by atoms with van der Waals surface area (Å²) in [6.45, 7) is 0. The molecule has 0 aliphatic carbocycles. The third-order valence-corrected chi connectivity index (χ3v) is 3.71. The van der Waals surface area contributed by atoms with Crippen LogP contribution in [0.5, 0.6) is 0 Å². The van der Waals surface area contributed by atoms with Crippen LogP contribution in [-0.2, 0) is 6.18 Å². The summed E-state index contributed by atoms with van der Waals surface area (Å²) in [5, 5.41) is 5.19. The van der Waals surface area contributed by atoms with Crippen LogP contribution in [0.1, 0.15) is 5.56 Å². The molecule has 0 spiro atoms. The second-order valence-electron chi connectivity index (χ2n) is 5.17. The number of anilines is 2. The number of urea groups is 1. The smallest absolute Gasteiger partial charge is 0.358 e. The minimum Gasteiger partial charge on any atom is -0.358 e. The van der Waals surface area contributed by atoms with Crippen molar-refractivity contribution in [3.63, 3.8) is 0 Å². The van der Waals surface area contributed by atoms with Crippen molar-refractivity contribution in [3.05, 3.63) is 59.0 Å². The van der Waals surface area contributed by atoms with E-state index in [4.69, 9.17) is 11.6 Å². The van der Waals surface area contributed by atoms with E-state index in [0.717, 1.165) is 30.5 Å². The molecule has 3 N–H and O–H groups in total. The third-order valence-electron chi connectivity index (χ3n) is 3.41. The van der Waals surface area contributed by atoms with Gasteiger partial charge in [-0.3, -0.25) is 0 Å². The summed E-state index contributed by atoms with van der Waals surface area (Å²) in [6.07, 6.45) is -3.30. The van der Waals surface area contributed by atoms with Crippen molar-refractivity contribution in [2.75, 3.05) is 10.6 Å². The van der Waals surface area contributed by atoms with Gasteiger partial charge in [0, 0.05) is 17.6 Å². The van der Waals surface area contributed by atoms with Crippen LogP contribution < -0.4 is 10.6 Å². The Morgan fingerprint density at radius 1 is 1.04 bits per heavy atom. The predicted molar refractivity (Wildman–Crippen MR) is 87.4 cm³/mol. The van der Waals surface area contributed by atoms with Crippen molar-refractivity contribution in [1.29, 1.82) is 0 Å². The van der Waals surface area contributed by atoms with E-state index in [1.807, 2.05) is 0 Å². The number of benzene rings is 2. The van der Waals surface area contributed by atoms with Gasteiger partial charge in [-0.25, -0.2) is 9.18 Å². The summed E-state index contributed by atoms with van der Waals surface area (Å²) < 4.78 is 51.0. The number of hydrogen-bond donors (Lipinski definition) is 3. The first-order valence-corrected chi connectivity index (χ1v) is 7.33. The van der Waals surface area contributed by atoms with Gasteiger partial charge >= 0.3 is 12.2 Å². The number of hydrogen-bond acceptors (Lipinski definition) is 1. The zero-order chi connectivity index (χ0) is 18.2. The maximum absolute atomic E-state index is 13.5. The Labute approximate surface area is 143 Å². The molecule has 0 fully saturated rings. The van der Waals surface area contributed by atoms with E-state index in [-0.39, 0.29) is 16.1 Å². The van der Waals surface area contributed by atoms with Gasteiger partial charge in [0.1, 0.15) is 5.82 Å². The van der Waals surface area contributed by atoms with Crippen LogP contribution >= 0.6 is 11.6 Å². The second kappa shape index (κ2) is 6.29. The maximum atomic E-state index is 13.5. The highest BCUT2D eigenvalue weighted by Gasteiger charge is 2.29. The fourth-order valence-electron chi connectivity index (χ4n) is 2.28. The minimum absolute atomic E-state index is 0.112. The number of halogens is 5. The number of carbonyl (C=O) groups excluding carboxylic acids is 1. The van der Waals surface area contributed by atoms with Crippen molar-refractivity contribution in [2.24, 2.45) is 0 Å². The van der Waals surface area contributed by atoms with Gasteiger partial charge in [-0.2, -0.15) is 13.2 Å². The molecule has 1 heterocycles. The monoisotopic (exact) mass is 371 g/mol. The molecule has 3 aromatic rings. The molecule has 0 aliphatic heterocycles. The van der Waals surface area contributed by atoms with E-state index >= 15 is 0 Å². The van der Waals surface area contributed by atoms with E-state index < -0.39 is 23.6 Å². The highest BCUT2D eigenvalue weighted by atomic mass is 35.5. The van der Waals surface area contributed by atoms with Gasteiger partial charge in [-0.15, -0.1) is 0 Å². The van der Waals surface area contributed by atoms with Gasteiger partial charge in [0.15, 0.2) is 0 Å². The number of aromatic nitrogens is 1. The molecule has 9 heteroatoms. The molecule has 0 radical (unpaired) electrons. The zero-order valence-electron chi connectivity index (χ0n) is 12.3. The summed E-state index contributed by atoms with van der Waals surface area (Å²) >= 11 is 5.97. The number of rotatable bonds is 2. The highest BCUT2D eigenvalue weighted by molar-refractivity contribution is 6.36. The number of H-pyrrole nitrogens is 1. The van der Waals surface area contributed by atoms with Gasteiger partial charge in [0.2, 0.25) is 0 Å². The van der Waals surface area contributed by atoms with Crippen molar-refractivity contribution < 1.29 is 22.4 Å². The van der Waals surface area contributed by atoms with Crippen LogP contribution in [-0.4, -0.2) is 11.0 Å².